The van der Waals surface area contributed by atoms with E-state index in [1.165, 1.54) is 5.56 Å². The van der Waals surface area contributed by atoms with Crippen LogP contribution in [0.25, 0.3) is 0 Å². The summed E-state index contributed by atoms with van der Waals surface area (Å²) in [4.78, 5) is 0. The molecule has 0 amide bonds. The van der Waals surface area contributed by atoms with E-state index in [0.29, 0.717) is 0 Å². The Morgan fingerprint density at radius 2 is 1.68 bits per heavy atom. The first-order valence-corrected chi connectivity index (χ1v) is 8.94. The van der Waals surface area contributed by atoms with E-state index in [4.69, 9.17) is 8.95 Å². The molecule has 2 aromatic carbocycles. The zero-order valence-corrected chi connectivity index (χ0v) is 15.6. The van der Waals surface area contributed by atoms with Gasteiger partial charge >= 0.3 is 0 Å². The Balaban J connectivity index is 0.000000567. The summed E-state index contributed by atoms with van der Waals surface area (Å²) >= 11 is 0.250. The normalized spacial score (nSPS) is 14.5. The lowest BCUT2D eigenvalue weighted by Crippen LogP contribution is -2.23. The van der Waals surface area contributed by atoms with Crippen LogP contribution >= 0.6 is 0 Å². The van der Waals surface area contributed by atoms with Gasteiger partial charge in [0, 0.05) is 6.21 Å². The van der Waals surface area contributed by atoms with Crippen molar-refractivity contribution in [3.8, 4) is 5.75 Å². The van der Waals surface area contributed by atoms with E-state index in [-0.39, 0.29) is 17.3 Å². The Labute approximate surface area is 153 Å². The number of benzene rings is 2. The Kier molecular flexibility index (Phi) is 9.63. The van der Waals surface area contributed by atoms with Crippen molar-refractivity contribution >= 4 is 29.0 Å². The van der Waals surface area contributed by atoms with Gasteiger partial charge in [0.25, 0.3) is 0 Å². The zero-order chi connectivity index (χ0) is 18.5. The van der Waals surface area contributed by atoms with Crippen LogP contribution in [-0.4, -0.2) is 23.4 Å². The predicted molar refractivity (Wildman–Crippen MR) is 109 cm³/mol. The minimum Gasteiger partial charge on any atom is -0.497 e. The zero-order valence-electron chi connectivity index (χ0n) is 14.8. The topological polar surface area (TPSA) is 41.9 Å². The SMILES string of the molecule is C=S=O.CC.COc1ccc(N2N=CC=CC2c2ccccc2)cc1. The fraction of sp³-hybridized carbons (Fsp3) is 0.200. The van der Waals surface area contributed by atoms with Gasteiger partial charge in [0.15, 0.2) is 0 Å². The summed E-state index contributed by atoms with van der Waals surface area (Å²) in [7, 11) is 1.67. The van der Waals surface area contributed by atoms with Crippen LogP contribution in [0.3, 0.4) is 0 Å². The number of hydrazone groups is 1. The predicted octanol–water partition coefficient (Wildman–Crippen LogP) is 4.46. The first-order valence-electron chi connectivity index (χ1n) is 8.03. The lowest BCUT2D eigenvalue weighted by molar-refractivity contribution is 0.415. The number of hydrogen-bond donors (Lipinski definition) is 0. The Bertz CT molecular complexity index is 706. The van der Waals surface area contributed by atoms with Gasteiger partial charge in [-0.15, -0.1) is 0 Å². The summed E-state index contributed by atoms with van der Waals surface area (Å²) in [5.74, 6) is 3.70. The van der Waals surface area contributed by atoms with E-state index in [1.54, 1.807) is 7.11 Å². The molecule has 1 heterocycles. The molecule has 0 N–H and O–H groups in total. The molecule has 1 unspecified atom stereocenters. The quantitative estimate of drug-likeness (QED) is 0.763. The van der Waals surface area contributed by atoms with E-state index in [0.717, 1.165) is 11.4 Å². The molecule has 0 aliphatic carbocycles. The van der Waals surface area contributed by atoms with Crippen LogP contribution in [0.4, 0.5) is 5.69 Å². The molecule has 1 aliphatic heterocycles. The smallest absolute Gasteiger partial charge is 0.119 e. The third-order valence-electron chi connectivity index (χ3n) is 3.31. The van der Waals surface area contributed by atoms with Crippen molar-refractivity contribution in [3.63, 3.8) is 0 Å². The maximum atomic E-state index is 8.74. The summed E-state index contributed by atoms with van der Waals surface area (Å²) in [6, 6.07) is 18.4. The second kappa shape index (κ2) is 11.8. The Hall–Kier alpha value is -2.66. The number of methoxy groups -OCH3 is 1. The number of nitrogens with zero attached hydrogens (tertiary/aromatic N) is 2. The van der Waals surface area contributed by atoms with E-state index < -0.39 is 0 Å². The molecule has 0 fully saturated rings. The summed E-state index contributed by atoms with van der Waals surface area (Å²) in [6.45, 7) is 4.00. The third-order valence-corrected chi connectivity index (χ3v) is 3.31. The molecule has 5 heteroatoms. The van der Waals surface area contributed by atoms with E-state index in [2.05, 4.69) is 29.2 Å². The minimum absolute atomic E-state index is 0.120. The monoisotopic (exact) mass is 356 g/mol. The lowest BCUT2D eigenvalue weighted by atomic mass is 10.0. The van der Waals surface area contributed by atoms with Gasteiger partial charge in [-0.25, -0.2) is 4.21 Å². The second-order valence-corrected chi connectivity index (χ2v) is 4.90. The van der Waals surface area contributed by atoms with Gasteiger partial charge in [-0.05, 0) is 41.8 Å². The molecular weight excluding hydrogens is 332 g/mol. The molecular formula is C20H24N2O2S. The Morgan fingerprint density at radius 1 is 1.08 bits per heavy atom. The van der Waals surface area contributed by atoms with Crippen LogP contribution in [0.15, 0.2) is 71.9 Å². The molecule has 132 valence electrons. The Morgan fingerprint density at radius 3 is 2.24 bits per heavy atom. The maximum absolute atomic E-state index is 8.74. The lowest BCUT2D eigenvalue weighted by Gasteiger charge is -2.29. The van der Waals surface area contributed by atoms with Crippen molar-refractivity contribution < 1.29 is 8.95 Å². The van der Waals surface area contributed by atoms with Gasteiger partial charge in [0.1, 0.15) is 5.75 Å². The van der Waals surface area contributed by atoms with Gasteiger partial charge < -0.3 is 4.74 Å². The van der Waals surface area contributed by atoms with Gasteiger partial charge in [0.2, 0.25) is 0 Å². The molecule has 1 aliphatic rings. The largest absolute Gasteiger partial charge is 0.497 e. The highest BCUT2D eigenvalue weighted by molar-refractivity contribution is 7.63. The summed E-state index contributed by atoms with van der Waals surface area (Å²) in [5.41, 5.74) is 2.26. The number of allylic oxidation sites excluding steroid dienone is 1. The molecule has 0 spiro atoms. The fourth-order valence-corrected chi connectivity index (χ4v) is 2.28. The van der Waals surface area contributed by atoms with Crippen LogP contribution in [0.5, 0.6) is 5.75 Å². The van der Waals surface area contributed by atoms with Crippen molar-refractivity contribution in [2.45, 2.75) is 19.9 Å². The highest BCUT2D eigenvalue weighted by Crippen LogP contribution is 2.31. The molecule has 0 bridgehead atoms. The van der Waals surface area contributed by atoms with Gasteiger partial charge in [-0.3, -0.25) is 5.01 Å². The van der Waals surface area contributed by atoms with Gasteiger partial charge in [0.05, 0.1) is 30.1 Å². The standard InChI is InChI=1S/C17H16N2O.C2H6.CH2OS/c1-20-16-11-9-15(10-12-16)19-17(8-5-13-18-19)14-6-3-2-4-7-14;1-2;1-3-2/h2-13,17H,1H3;1-2H3;1H2. The van der Waals surface area contributed by atoms with Crippen molar-refractivity contribution in [2.24, 2.45) is 5.10 Å². The van der Waals surface area contributed by atoms with E-state index >= 15 is 0 Å². The van der Waals surface area contributed by atoms with Crippen LogP contribution in [0.1, 0.15) is 25.5 Å². The highest BCUT2D eigenvalue weighted by atomic mass is 32.1. The second-order valence-electron chi connectivity index (χ2n) is 4.67. The molecule has 1 atom stereocenters. The van der Waals surface area contributed by atoms with Gasteiger partial charge in [-0.2, -0.15) is 5.10 Å². The third kappa shape index (κ3) is 6.04. The van der Waals surface area contributed by atoms with Crippen molar-refractivity contribution in [2.75, 3.05) is 12.1 Å². The number of rotatable bonds is 3. The fourth-order valence-electron chi connectivity index (χ4n) is 2.28. The number of anilines is 1. The molecule has 0 radical (unpaired) electrons. The van der Waals surface area contributed by atoms with Crippen LogP contribution in [0, 0.1) is 0 Å². The minimum atomic E-state index is 0.120. The molecule has 0 saturated heterocycles. The first kappa shape index (κ1) is 20.4. The number of hydrogen-bond acceptors (Lipinski definition) is 4. The molecule has 4 nitrogen and oxygen atoms in total. The van der Waals surface area contributed by atoms with Crippen LogP contribution in [0.2, 0.25) is 0 Å². The first-order chi connectivity index (χ1) is 12.3. The van der Waals surface area contributed by atoms with Gasteiger partial charge in [-0.1, -0.05) is 50.3 Å². The molecule has 25 heavy (non-hydrogen) atoms. The molecule has 0 saturated carbocycles. The molecule has 2 aromatic rings. The summed E-state index contributed by atoms with van der Waals surface area (Å²) < 4.78 is 13.9. The van der Waals surface area contributed by atoms with Crippen LogP contribution < -0.4 is 9.75 Å². The average molecular weight is 356 g/mol. The summed E-state index contributed by atoms with van der Waals surface area (Å²) in [5, 5.41) is 6.50. The molecule has 0 aromatic heterocycles. The van der Waals surface area contributed by atoms with Crippen molar-refractivity contribution in [1.29, 1.82) is 0 Å². The van der Waals surface area contributed by atoms with E-state index in [9.17, 15) is 0 Å². The van der Waals surface area contributed by atoms with Crippen LogP contribution in [-0.2, 0) is 11.3 Å². The molecule has 3 rings (SSSR count). The average Bonchev–Trinajstić information content (AvgIpc) is 2.71. The highest BCUT2D eigenvalue weighted by Gasteiger charge is 2.19. The maximum Gasteiger partial charge on any atom is 0.119 e. The van der Waals surface area contributed by atoms with E-state index in [1.807, 2.05) is 73.6 Å². The van der Waals surface area contributed by atoms with Crippen molar-refractivity contribution in [3.05, 3.63) is 72.3 Å². The van der Waals surface area contributed by atoms with Crippen molar-refractivity contribution in [1.82, 2.24) is 0 Å². The number of ether oxygens (including phenoxy) is 1. The summed E-state index contributed by atoms with van der Waals surface area (Å²) in [6.07, 6.45) is 5.94.